The summed E-state index contributed by atoms with van der Waals surface area (Å²) < 4.78 is 26.5. The van der Waals surface area contributed by atoms with E-state index in [4.69, 9.17) is 23.2 Å². The van der Waals surface area contributed by atoms with Gasteiger partial charge in [-0.2, -0.15) is 0 Å². The zero-order chi connectivity index (χ0) is 17.0. The van der Waals surface area contributed by atoms with Gasteiger partial charge in [0.2, 0.25) is 0 Å². The highest BCUT2D eigenvalue weighted by molar-refractivity contribution is 9.10. The topological polar surface area (TPSA) is 63.2 Å². The maximum Gasteiger partial charge on any atom is 0.266 e. The van der Waals surface area contributed by atoms with Crippen molar-refractivity contribution < 1.29 is 13.2 Å². The van der Waals surface area contributed by atoms with Gasteiger partial charge in [-0.05, 0) is 42.0 Å². The Morgan fingerprint density at radius 2 is 1.87 bits per heavy atom. The van der Waals surface area contributed by atoms with Crippen molar-refractivity contribution in [2.75, 3.05) is 0 Å². The number of halogens is 3. The number of carbonyl (C=O) groups is 1. The summed E-state index contributed by atoms with van der Waals surface area (Å²) in [6, 6.07) is 11.2. The summed E-state index contributed by atoms with van der Waals surface area (Å²) in [7, 11) is -3.96. The summed E-state index contributed by atoms with van der Waals surface area (Å²) >= 11 is 15.0. The molecule has 0 heterocycles. The molecule has 23 heavy (non-hydrogen) atoms. The molecule has 1 N–H and O–H groups in total. The van der Waals surface area contributed by atoms with Gasteiger partial charge in [-0.25, -0.2) is 13.1 Å². The number of sulfonamides is 1. The van der Waals surface area contributed by atoms with Crippen LogP contribution in [0.1, 0.15) is 15.9 Å². The predicted octanol–water partition coefficient (Wildman–Crippen LogP) is 4.49. The van der Waals surface area contributed by atoms with Crippen molar-refractivity contribution in [3.63, 3.8) is 0 Å². The molecule has 120 valence electrons. The number of nitrogens with one attached hydrogen (secondary N) is 1. The highest BCUT2D eigenvalue weighted by Crippen LogP contribution is 2.21. The van der Waals surface area contributed by atoms with Crippen LogP contribution in [0.3, 0.4) is 0 Å². The normalized spacial score (nSPS) is 11.6. The van der Waals surface area contributed by atoms with E-state index in [-0.39, 0.29) is 10.6 Å². The maximum absolute atomic E-state index is 12.0. The van der Waals surface area contributed by atoms with Crippen molar-refractivity contribution in [3.05, 3.63) is 73.5 Å². The summed E-state index contributed by atoms with van der Waals surface area (Å²) in [5.41, 5.74) is 0.659. The van der Waals surface area contributed by atoms with Crippen LogP contribution >= 0.6 is 39.1 Å². The van der Waals surface area contributed by atoms with Crippen molar-refractivity contribution in [1.82, 2.24) is 4.72 Å². The molecule has 0 bridgehead atoms. The van der Waals surface area contributed by atoms with Gasteiger partial charge >= 0.3 is 0 Å². The van der Waals surface area contributed by atoms with Crippen molar-refractivity contribution >= 4 is 61.1 Å². The fourth-order valence-corrected chi connectivity index (χ4v) is 3.40. The average molecular weight is 435 g/mol. The Labute approximate surface area is 152 Å². The Bertz CT molecular complexity index is 882. The second kappa shape index (κ2) is 7.49. The number of hydrogen-bond acceptors (Lipinski definition) is 3. The third kappa shape index (κ3) is 5.35. The van der Waals surface area contributed by atoms with Gasteiger partial charge in [0.15, 0.2) is 0 Å². The lowest BCUT2D eigenvalue weighted by Crippen LogP contribution is -2.29. The molecule has 0 fully saturated rings. The van der Waals surface area contributed by atoms with Gasteiger partial charge in [0.1, 0.15) is 0 Å². The number of rotatable bonds is 4. The number of benzene rings is 2. The average Bonchev–Trinajstić information content (AvgIpc) is 2.44. The summed E-state index contributed by atoms with van der Waals surface area (Å²) in [6.45, 7) is 0. The van der Waals surface area contributed by atoms with E-state index in [2.05, 4.69) is 15.9 Å². The Morgan fingerprint density at radius 1 is 1.13 bits per heavy atom. The van der Waals surface area contributed by atoms with Gasteiger partial charge in [0.05, 0.1) is 16.0 Å². The molecule has 2 rings (SSSR count). The quantitative estimate of drug-likeness (QED) is 0.771. The molecule has 2 aromatic carbocycles. The first-order chi connectivity index (χ1) is 10.8. The highest BCUT2D eigenvalue weighted by atomic mass is 79.9. The van der Waals surface area contributed by atoms with Crippen molar-refractivity contribution in [1.29, 1.82) is 0 Å². The van der Waals surface area contributed by atoms with Crippen LogP contribution in [0.15, 0.2) is 52.3 Å². The van der Waals surface area contributed by atoms with E-state index in [0.29, 0.717) is 15.1 Å². The van der Waals surface area contributed by atoms with E-state index in [0.717, 1.165) is 5.41 Å². The molecule has 0 spiro atoms. The summed E-state index contributed by atoms with van der Waals surface area (Å²) in [5, 5.41) is 1.52. The largest absolute Gasteiger partial charge is 0.268 e. The molecule has 0 aromatic heterocycles. The van der Waals surface area contributed by atoms with Crippen LogP contribution in [0.5, 0.6) is 0 Å². The first-order valence-corrected chi connectivity index (χ1v) is 9.32. The number of hydrogen-bond donors (Lipinski definition) is 1. The van der Waals surface area contributed by atoms with Crippen LogP contribution in [0.4, 0.5) is 0 Å². The third-order valence-corrected chi connectivity index (χ3v) is 4.70. The van der Waals surface area contributed by atoms with Gasteiger partial charge < -0.3 is 0 Å². The highest BCUT2D eigenvalue weighted by Gasteiger charge is 2.16. The third-order valence-electron chi connectivity index (χ3n) is 2.70. The molecule has 0 aliphatic heterocycles. The fraction of sp³-hybridized carbons (Fsp3) is 0. The zero-order valence-electron chi connectivity index (χ0n) is 11.5. The fourth-order valence-electron chi connectivity index (χ4n) is 1.67. The summed E-state index contributed by atoms with van der Waals surface area (Å²) in [6.07, 6.45) is 1.34. The molecule has 0 atom stereocenters. The molecule has 0 aliphatic rings. The minimum absolute atomic E-state index is 0.0644. The first kappa shape index (κ1) is 18.0. The van der Waals surface area contributed by atoms with Gasteiger partial charge in [-0.15, -0.1) is 0 Å². The van der Waals surface area contributed by atoms with Gasteiger partial charge in [-0.3, -0.25) is 4.79 Å². The van der Waals surface area contributed by atoms with Crippen molar-refractivity contribution in [3.8, 4) is 0 Å². The Morgan fingerprint density at radius 3 is 2.52 bits per heavy atom. The van der Waals surface area contributed by atoms with Crippen molar-refractivity contribution in [2.45, 2.75) is 0 Å². The smallest absolute Gasteiger partial charge is 0.266 e. The molecule has 0 aliphatic carbocycles. The molecule has 0 saturated carbocycles. The van der Waals surface area contributed by atoms with Gasteiger partial charge in [0.25, 0.3) is 15.9 Å². The second-order valence-electron chi connectivity index (χ2n) is 4.46. The van der Waals surface area contributed by atoms with Crippen LogP contribution < -0.4 is 4.72 Å². The van der Waals surface area contributed by atoms with E-state index < -0.39 is 15.9 Å². The van der Waals surface area contributed by atoms with Crippen molar-refractivity contribution in [2.24, 2.45) is 0 Å². The number of amides is 1. The van der Waals surface area contributed by atoms with Crippen LogP contribution in [0.25, 0.3) is 6.08 Å². The van der Waals surface area contributed by atoms with Gasteiger partial charge in [0, 0.05) is 9.50 Å². The van der Waals surface area contributed by atoms with Crippen LogP contribution in [-0.2, 0) is 10.0 Å². The summed E-state index contributed by atoms with van der Waals surface area (Å²) in [5.74, 6) is -0.807. The lowest BCUT2D eigenvalue weighted by atomic mass is 10.2. The molecular weight excluding hydrogens is 425 g/mol. The monoisotopic (exact) mass is 433 g/mol. The minimum atomic E-state index is -3.96. The standard InChI is InChI=1S/C15H10BrCl2NO3S/c16-11-4-5-13(14(18)9-11)15(20)19-23(21,22)7-6-10-2-1-3-12(17)8-10/h1-9H,(H,19,20). The van der Waals surface area contributed by atoms with E-state index in [1.54, 1.807) is 30.3 Å². The van der Waals surface area contributed by atoms with E-state index in [9.17, 15) is 13.2 Å². The molecule has 0 saturated heterocycles. The SMILES string of the molecule is O=C(NS(=O)(=O)C=Cc1cccc(Cl)c1)c1ccc(Br)cc1Cl. The molecule has 1 amide bonds. The Hall–Kier alpha value is -1.34. The predicted molar refractivity (Wildman–Crippen MR) is 96.0 cm³/mol. The van der Waals surface area contributed by atoms with Crippen LogP contribution in [0, 0.1) is 0 Å². The molecule has 0 unspecified atom stereocenters. The Kier molecular flexibility index (Phi) is 5.86. The lowest BCUT2D eigenvalue weighted by Gasteiger charge is -2.05. The summed E-state index contributed by atoms with van der Waals surface area (Å²) in [4.78, 5) is 12.0. The molecule has 4 nitrogen and oxygen atoms in total. The first-order valence-electron chi connectivity index (χ1n) is 6.23. The van der Waals surface area contributed by atoms with Crippen LogP contribution in [0.2, 0.25) is 10.0 Å². The molecule has 0 radical (unpaired) electrons. The minimum Gasteiger partial charge on any atom is -0.268 e. The number of carbonyl (C=O) groups excluding carboxylic acids is 1. The van der Waals surface area contributed by atoms with Gasteiger partial charge in [-0.1, -0.05) is 51.3 Å². The molecule has 8 heteroatoms. The van der Waals surface area contributed by atoms with Crippen LogP contribution in [-0.4, -0.2) is 14.3 Å². The zero-order valence-corrected chi connectivity index (χ0v) is 15.4. The molecule has 2 aromatic rings. The lowest BCUT2D eigenvalue weighted by molar-refractivity contribution is 0.0982. The second-order valence-corrected chi connectivity index (χ2v) is 7.78. The van der Waals surface area contributed by atoms with E-state index in [1.165, 1.54) is 18.2 Å². The Balaban J connectivity index is 2.16. The van der Waals surface area contributed by atoms with E-state index >= 15 is 0 Å². The molecular formula is C15H10BrCl2NO3S. The van der Waals surface area contributed by atoms with E-state index in [1.807, 2.05) is 4.72 Å². The maximum atomic E-state index is 12.0.